The number of fused-ring (bicyclic) bond motifs is 1. The van der Waals surface area contributed by atoms with E-state index in [4.69, 9.17) is 4.74 Å². The first-order valence-electron chi connectivity index (χ1n) is 7.56. The maximum Gasteiger partial charge on any atom is 0.183 e. The highest BCUT2D eigenvalue weighted by Crippen LogP contribution is 2.23. The van der Waals surface area contributed by atoms with E-state index >= 15 is 0 Å². The third kappa shape index (κ3) is 2.93. The summed E-state index contributed by atoms with van der Waals surface area (Å²) in [5.74, 6) is -0.245. The average molecular weight is 313 g/mol. The number of hydrogen-bond acceptors (Lipinski definition) is 5. The highest BCUT2D eigenvalue weighted by Gasteiger charge is 2.15. The van der Waals surface area contributed by atoms with Crippen molar-refractivity contribution in [2.45, 2.75) is 6.54 Å². The molecular weight excluding hydrogens is 297 g/mol. The minimum Gasteiger partial charge on any atom is -0.379 e. The Hall–Kier alpha value is -2.38. The first kappa shape index (κ1) is 14.2. The normalized spacial score (nSPS) is 16.0. The molecule has 1 aliphatic rings. The van der Waals surface area contributed by atoms with Gasteiger partial charge >= 0.3 is 0 Å². The zero-order valence-corrected chi connectivity index (χ0v) is 12.5. The molecule has 0 amide bonds. The van der Waals surface area contributed by atoms with Gasteiger partial charge in [-0.3, -0.25) is 4.90 Å². The van der Waals surface area contributed by atoms with Crippen LogP contribution in [0.25, 0.3) is 16.8 Å². The molecule has 1 fully saturated rings. The molecule has 23 heavy (non-hydrogen) atoms. The van der Waals surface area contributed by atoms with Crippen molar-refractivity contribution < 1.29 is 9.13 Å². The maximum atomic E-state index is 13.1. The lowest BCUT2D eigenvalue weighted by molar-refractivity contribution is 0.0343. The van der Waals surface area contributed by atoms with Gasteiger partial charge in [0, 0.05) is 37.0 Å². The van der Waals surface area contributed by atoms with Crippen LogP contribution in [0.15, 0.2) is 36.5 Å². The Morgan fingerprint density at radius 1 is 1.09 bits per heavy atom. The standard InChI is InChI=1S/C16H16FN5O/c17-15-3-1-12(2-4-15)13-9-14(10-21-5-7-23-8-6-21)16-18-19-20-22(16)11-13/h1-4,9,11H,5-8,10H2. The lowest BCUT2D eigenvalue weighted by atomic mass is 10.1. The van der Waals surface area contributed by atoms with Gasteiger partial charge in [-0.05, 0) is 34.2 Å². The molecular formula is C16H16FN5O. The molecule has 0 saturated carbocycles. The van der Waals surface area contributed by atoms with Crippen LogP contribution >= 0.6 is 0 Å². The molecule has 6 nitrogen and oxygen atoms in total. The molecule has 3 heterocycles. The Labute approximate surface area is 132 Å². The zero-order chi connectivity index (χ0) is 15.6. The van der Waals surface area contributed by atoms with Crippen LogP contribution in [0, 0.1) is 5.82 Å². The van der Waals surface area contributed by atoms with E-state index in [1.165, 1.54) is 12.1 Å². The number of rotatable bonds is 3. The molecule has 0 radical (unpaired) electrons. The van der Waals surface area contributed by atoms with Crippen molar-refractivity contribution in [2.75, 3.05) is 26.3 Å². The first-order chi connectivity index (χ1) is 11.3. The van der Waals surface area contributed by atoms with Crippen LogP contribution in [0.4, 0.5) is 4.39 Å². The topological polar surface area (TPSA) is 55.5 Å². The van der Waals surface area contributed by atoms with E-state index in [9.17, 15) is 4.39 Å². The second kappa shape index (κ2) is 6.02. The van der Waals surface area contributed by atoms with Gasteiger partial charge in [0.15, 0.2) is 5.65 Å². The maximum absolute atomic E-state index is 13.1. The van der Waals surface area contributed by atoms with Gasteiger partial charge in [0.2, 0.25) is 0 Å². The molecule has 1 aliphatic heterocycles. The molecule has 0 aliphatic carbocycles. The number of ether oxygens (including phenoxy) is 1. The SMILES string of the molecule is Fc1ccc(-c2cc(CN3CCOCC3)c3nnnn3c2)cc1. The predicted molar refractivity (Wildman–Crippen MR) is 82.3 cm³/mol. The molecule has 2 aromatic heterocycles. The summed E-state index contributed by atoms with van der Waals surface area (Å²) < 4.78 is 20.2. The lowest BCUT2D eigenvalue weighted by Gasteiger charge is -2.26. The van der Waals surface area contributed by atoms with Crippen LogP contribution in [0.3, 0.4) is 0 Å². The molecule has 4 rings (SSSR count). The minimum atomic E-state index is -0.245. The number of halogens is 1. The molecule has 0 atom stereocenters. The number of tetrazole rings is 1. The zero-order valence-electron chi connectivity index (χ0n) is 12.5. The lowest BCUT2D eigenvalue weighted by Crippen LogP contribution is -2.35. The van der Waals surface area contributed by atoms with Crippen molar-refractivity contribution in [3.63, 3.8) is 0 Å². The highest BCUT2D eigenvalue weighted by atomic mass is 19.1. The van der Waals surface area contributed by atoms with Crippen LogP contribution in [0.5, 0.6) is 0 Å². The summed E-state index contributed by atoms with van der Waals surface area (Å²) in [6.07, 6.45) is 1.87. The van der Waals surface area contributed by atoms with Crippen LogP contribution < -0.4 is 0 Å². The summed E-state index contributed by atoms with van der Waals surface area (Å²) in [6, 6.07) is 8.52. The van der Waals surface area contributed by atoms with Crippen molar-refractivity contribution in [1.29, 1.82) is 0 Å². The van der Waals surface area contributed by atoms with Crippen molar-refractivity contribution in [2.24, 2.45) is 0 Å². The predicted octanol–water partition coefficient (Wildman–Crippen LogP) is 1.76. The molecule has 1 saturated heterocycles. The van der Waals surface area contributed by atoms with E-state index < -0.39 is 0 Å². The average Bonchev–Trinajstić information content (AvgIpc) is 3.05. The van der Waals surface area contributed by atoms with Gasteiger partial charge < -0.3 is 4.74 Å². The van der Waals surface area contributed by atoms with Gasteiger partial charge in [0.05, 0.1) is 13.2 Å². The van der Waals surface area contributed by atoms with Crippen LogP contribution in [0.1, 0.15) is 5.56 Å². The second-order valence-corrected chi connectivity index (χ2v) is 5.60. The van der Waals surface area contributed by atoms with Crippen LogP contribution in [-0.4, -0.2) is 51.2 Å². The molecule has 0 unspecified atom stereocenters. The largest absolute Gasteiger partial charge is 0.379 e. The van der Waals surface area contributed by atoms with Crippen molar-refractivity contribution in [3.05, 3.63) is 47.9 Å². The Morgan fingerprint density at radius 3 is 2.65 bits per heavy atom. The molecule has 0 bridgehead atoms. The van der Waals surface area contributed by atoms with E-state index in [-0.39, 0.29) is 5.82 Å². The molecule has 0 spiro atoms. The number of morpholine rings is 1. The Morgan fingerprint density at radius 2 is 1.87 bits per heavy atom. The number of benzene rings is 1. The number of pyridine rings is 1. The Bertz CT molecular complexity index is 811. The van der Waals surface area contributed by atoms with Crippen molar-refractivity contribution in [1.82, 2.24) is 24.9 Å². The third-order valence-corrected chi connectivity index (χ3v) is 4.05. The molecule has 7 heteroatoms. The smallest absolute Gasteiger partial charge is 0.183 e. The Kier molecular flexibility index (Phi) is 3.72. The molecule has 118 valence electrons. The summed E-state index contributed by atoms with van der Waals surface area (Å²) in [6.45, 7) is 4.06. The number of aromatic nitrogens is 4. The molecule has 3 aromatic rings. The first-order valence-corrected chi connectivity index (χ1v) is 7.56. The third-order valence-electron chi connectivity index (χ3n) is 4.05. The Balaban J connectivity index is 1.73. The summed E-state index contributed by atoms with van der Waals surface area (Å²) in [5, 5.41) is 11.9. The molecule has 1 aromatic carbocycles. The van der Waals surface area contributed by atoms with E-state index in [2.05, 4.69) is 26.5 Å². The van der Waals surface area contributed by atoms with E-state index in [1.807, 2.05) is 6.20 Å². The van der Waals surface area contributed by atoms with Gasteiger partial charge in [-0.15, -0.1) is 5.10 Å². The quantitative estimate of drug-likeness (QED) is 0.737. The fourth-order valence-electron chi connectivity index (χ4n) is 2.83. The van der Waals surface area contributed by atoms with Crippen LogP contribution in [0.2, 0.25) is 0 Å². The monoisotopic (exact) mass is 313 g/mol. The number of hydrogen-bond donors (Lipinski definition) is 0. The van der Waals surface area contributed by atoms with Gasteiger partial charge in [-0.2, -0.15) is 4.52 Å². The van der Waals surface area contributed by atoms with Gasteiger partial charge in [-0.1, -0.05) is 12.1 Å². The van der Waals surface area contributed by atoms with Crippen molar-refractivity contribution >= 4 is 5.65 Å². The van der Waals surface area contributed by atoms with Crippen LogP contribution in [-0.2, 0) is 11.3 Å². The highest BCUT2D eigenvalue weighted by molar-refractivity contribution is 5.66. The van der Waals surface area contributed by atoms with Gasteiger partial charge in [-0.25, -0.2) is 4.39 Å². The second-order valence-electron chi connectivity index (χ2n) is 5.60. The minimum absolute atomic E-state index is 0.245. The van der Waals surface area contributed by atoms with Crippen molar-refractivity contribution in [3.8, 4) is 11.1 Å². The molecule has 0 N–H and O–H groups in total. The van der Waals surface area contributed by atoms with E-state index in [0.29, 0.717) is 0 Å². The number of nitrogens with zero attached hydrogens (tertiary/aromatic N) is 5. The summed E-state index contributed by atoms with van der Waals surface area (Å²) in [7, 11) is 0. The van der Waals surface area contributed by atoms with E-state index in [1.54, 1.807) is 16.6 Å². The fraction of sp³-hybridized carbons (Fsp3) is 0.312. The fourth-order valence-corrected chi connectivity index (χ4v) is 2.83. The summed E-state index contributed by atoms with van der Waals surface area (Å²) in [4.78, 5) is 2.32. The summed E-state index contributed by atoms with van der Waals surface area (Å²) in [5.41, 5.74) is 3.71. The van der Waals surface area contributed by atoms with Gasteiger partial charge in [0.25, 0.3) is 0 Å². The summed E-state index contributed by atoms with van der Waals surface area (Å²) >= 11 is 0. The van der Waals surface area contributed by atoms with E-state index in [0.717, 1.165) is 55.2 Å². The van der Waals surface area contributed by atoms with Gasteiger partial charge in [0.1, 0.15) is 5.82 Å².